The Morgan fingerprint density at radius 3 is 2.49 bits per heavy atom. The number of H-pyrrole nitrogens is 1. The van der Waals surface area contributed by atoms with Crippen molar-refractivity contribution in [2.24, 2.45) is 0 Å². The van der Waals surface area contributed by atoms with Gasteiger partial charge in [-0.15, -0.1) is 0 Å². The van der Waals surface area contributed by atoms with Crippen molar-refractivity contribution in [1.29, 1.82) is 0 Å². The summed E-state index contributed by atoms with van der Waals surface area (Å²) in [6, 6.07) is 24.8. The summed E-state index contributed by atoms with van der Waals surface area (Å²) >= 11 is 0. The summed E-state index contributed by atoms with van der Waals surface area (Å²) in [4.78, 5) is 32.6. The maximum Gasteiger partial charge on any atom is 0.330 e. The molecule has 196 valence electrons. The molecule has 0 fully saturated rings. The number of nitrogens with zero attached hydrogens (tertiary/aromatic N) is 1. The van der Waals surface area contributed by atoms with Crippen LogP contribution in [0.5, 0.6) is 5.75 Å². The smallest absolute Gasteiger partial charge is 0.330 e. The van der Waals surface area contributed by atoms with Crippen LogP contribution in [0.3, 0.4) is 0 Å². The van der Waals surface area contributed by atoms with E-state index in [0.717, 1.165) is 27.7 Å². The number of rotatable bonds is 9. The summed E-state index contributed by atoms with van der Waals surface area (Å²) in [6.45, 7) is 0.271. The zero-order valence-electron chi connectivity index (χ0n) is 21.3. The lowest BCUT2D eigenvalue weighted by atomic mass is 9.99. The topological polar surface area (TPSA) is 114 Å². The number of phenolic OH excluding ortho intramolecular Hbond substituents is 1. The minimum absolute atomic E-state index is 0.0319. The summed E-state index contributed by atoms with van der Waals surface area (Å²) in [6.07, 6.45) is 3.46. The van der Waals surface area contributed by atoms with Gasteiger partial charge < -0.3 is 24.9 Å². The summed E-state index contributed by atoms with van der Waals surface area (Å²) in [7, 11) is 1.26. The normalized spacial score (nSPS) is 11.7. The van der Waals surface area contributed by atoms with Crippen LogP contribution in [0.25, 0.3) is 33.3 Å². The van der Waals surface area contributed by atoms with E-state index in [1.54, 1.807) is 36.7 Å². The van der Waals surface area contributed by atoms with E-state index >= 15 is 0 Å². The van der Waals surface area contributed by atoms with Crippen molar-refractivity contribution in [3.63, 3.8) is 0 Å². The molecule has 0 aliphatic rings. The first-order valence-electron chi connectivity index (χ1n) is 12.4. The van der Waals surface area contributed by atoms with Crippen molar-refractivity contribution in [1.82, 2.24) is 15.3 Å². The zero-order valence-corrected chi connectivity index (χ0v) is 21.3. The van der Waals surface area contributed by atoms with E-state index in [1.165, 1.54) is 7.11 Å². The number of phenols is 1. The van der Waals surface area contributed by atoms with Crippen LogP contribution in [-0.4, -0.2) is 46.7 Å². The molecule has 3 N–H and O–H groups in total. The standard InChI is InChI=1S/C31H27N3O5/c1-38-31(37)28(19-39-18-20-6-3-2-4-7-20)34-30(36)22-12-10-21(11-13-22)24-8-5-9-25(29(24)35)26-16-23-14-15-32-17-27(23)33-26/h2-17,28,33,35H,18-19H2,1H3,(H,34,36). The number of aromatic amines is 1. The predicted molar refractivity (Wildman–Crippen MR) is 148 cm³/mol. The second kappa shape index (κ2) is 11.6. The van der Waals surface area contributed by atoms with Crippen LogP contribution in [0.15, 0.2) is 97.3 Å². The highest BCUT2D eigenvalue weighted by atomic mass is 16.5. The summed E-state index contributed by atoms with van der Waals surface area (Å²) in [5, 5.41) is 14.8. The van der Waals surface area contributed by atoms with Gasteiger partial charge in [0, 0.05) is 28.3 Å². The molecule has 0 saturated heterocycles. The number of carbonyl (C=O) groups is 2. The Morgan fingerprint density at radius 2 is 1.74 bits per heavy atom. The van der Waals surface area contributed by atoms with Gasteiger partial charge in [0.05, 0.1) is 37.7 Å². The molecule has 2 heterocycles. The number of aromatic nitrogens is 2. The molecule has 2 aromatic heterocycles. The molecule has 8 heteroatoms. The summed E-state index contributed by atoms with van der Waals surface area (Å²) in [5.74, 6) is -0.914. The average Bonchev–Trinajstić information content (AvgIpc) is 3.41. The highest BCUT2D eigenvalue weighted by Crippen LogP contribution is 2.38. The first-order chi connectivity index (χ1) is 19.0. The van der Waals surface area contributed by atoms with Crippen LogP contribution < -0.4 is 5.32 Å². The minimum atomic E-state index is -0.960. The van der Waals surface area contributed by atoms with Crippen molar-refractivity contribution in [3.8, 4) is 28.1 Å². The lowest BCUT2D eigenvalue weighted by molar-refractivity contribution is -0.144. The second-order valence-electron chi connectivity index (χ2n) is 8.97. The predicted octanol–water partition coefficient (Wildman–Crippen LogP) is 5.09. The Labute approximate surface area is 225 Å². The maximum atomic E-state index is 12.9. The monoisotopic (exact) mass is 521 g/mol. The zero-order chi connectivity index (χ0) is 27.2. The van der Waals surface area contributed by atoms with E-state index in [-0.39, 0.29) is 12.4 Å². The number of aromatic hydroxyl groups is 1. The second-order valence-corrected chi connectivity index (χ2v) is 8.97. The number of ether oxygens (including phenoxy) is 2. The third-order valence-corrected chi connectivity index (χ3v) is 6.40. The van der Waals surface area contributed by atoms with E-state index in [9.17, 15) is 14.7 Å². The van der Waals surface area contributed by atoms with Crippen LogP contribution >= 0.6 is 0 Å². The van der Waals surface area contributed by atoms with Crippen molar-refractivity contribution in [2.75, 3.05) is 13.7 Å². The lowest BCUT2D eigenvalue weighted by Crippen LogP contribution is -2.44. The Bertz CT molecular complexity index is 1560. The van der Waals surface area contributed by atoms with Crippen LogP contribution in [-0.2, 0) is 20.9 Å². The van der Waals surface area contributed by atoms with E-state index in [4.69, 9.17) is 9.47 Å². The number of methoxy groups -OCH3 is 1. The van der Waals surface area contributed by atoms with Crippen molar-refractivity contribution < 1.29 is 24.2 Å². The molecule has 0 radical (unpaired) electrons. The van der Waals surface area contributed by atoms with Crippen LogP contribution in [0, 0.1) is 0 Å². The number of esters is 1. The van der Waals surface area contributed by atoms with Gasteiger partial charge in [0.25, 0.3) is 5.91 Å². The van der Waals surface area contributed by atoms with Gasteiger partial charge in [0.1, 0.15) is 5.75 Å². The molecule has 5 aromatic rings. The molecule has 0 aliphatic carbocycles. The average molecular weight is 522 g/mol. The number of nitrogens with one attached hydrogen (secondary N) is 2. The summed E-state index contributed by atoms with van der Waals surface area (Å²) in [5.41, 5.74) is 4.98. The third-order valence-electron chi connectivity index (χ3n) is 6.40. The van der Waals surface area contributed by atoms with Gasteiger partial charge in [-0.2, -0.15) is 0 Å². The van der Waals surface area contributed by atoms with Crippen LogP contribution in [0.1, 0.15) is 15.9 Å². The van der Waals surface area contributed by atoms with Gasteiger partial charge in [-0.05, 0) is 41.5 Å². The van der Waals surface area contributed by atoms with Gasteiger partial charge in [-0.1, -0.05) is 54.6 Å². The molecule has 1 amide bonds. The number of benzene rings is 3. The van der Waals surface area contributed by atoms with Crippen molar-refractivity contribution in [2.45, 2.75) is 12.6 Å². The molecular formula is C31H27N3O5. The Hall–Kier alpha value is -4.95. The molecular weight excluding hydrogens is 494 g/mol. The van der Waals surface area contributed by atoms with Gasteiger partial charge >= 0.3 is 5.97 Å². The molecule has 5 rings (SSSR count). The number of hydrogen-bond acceptors (Lipinski definition) is 6. The fraction of sp³-hybridized carbons (Fsp3) is 0.129. The van der Waals surface area contributed by atoms with Crippen molar-refractivity contribution >= 4 is 22.8 Å². The SMILES string of the molecule is COC(=O)C(COCc1ccccc1)NC(=O)c1ccc(-c2cccc(-c3cc4ccncc4[nH]3)c2O)cc1. The van der Waals surface area contributed by atoms with Crippen LogP contribution in [0.4, 0.5) is 0 Å². The maximum absolute atomic E-state index is 12.9. The molecule has 1 atom stereocenters. The fourth-order valence-electron chi connectivity index (χ4n) is 4.33. The Balaban J connectivity index is 1.29. The number of pyridine rings is 1. The highest BCUT2D eigenvalue weighted by molar-refractivity contribution is 5.97. The molecule has 1 unspecified atom stereocenters. The van der Waals surface area contributed by atoms with E-state index < -0.39 is 17.9 Å². The van der Waals surface area contributed by atoms with Gasteiger partial charge in [0.2, 0.25) is 0 Å². The molecule has 0 bridgehead atoms. The molecule has 8 nitrogen and oxygen atoms in total. The highest BCUT2D eigenvalue weighted by Gasteiger charge is 2.23. The Morgan fingerprint density at radius 1 is 0.974 bits per heavy atom. The van der Waals surface area contributed by atoms with E-state index in [2.05, 4.69) is 15.3 Å². The molecule has 0 saturated carbocycles. The first kappa shape index (κ1) is 25.7. The summed E-state index contributed by atoms with van der Waals surface area (Å²) < 4.78 is 10.5. The lowest BCUT2D eigenvalue weighted by Gasteiger charge is -2.17. The largest absolute Gasteiger partial charge is 0.507 e. The van der Waals surface area contributed by atoms with E-state index in [0.29, 0.717) is 23.3 Å². The quantitative estimate of drug-likeness (QED) is 0.233. The number of para-hydroxylation sites is 1. The number of hydrogen-bond donors (Lipinski definition) is 3. The molecule has 3 aromatic carbocycles. The number of carbonyl (C=O) groups excluding carboxylic acids is 2. The van der Waals surface area contributed by atoms with Gasteiger partial charge in [0.15, 0.2) is 6.04 Å². The number of amides is 1. The van der Waals surface area contributed by atoms with E-state index in [1.807, 2.05) is 60.7 Å². The van der Waals surface area contributed by atoms with Crippen LogP contribution in [0.2, 0.25) is 0 Å². The fourth-order valence-corrected chi connectivity index (χ4v) is 4.33. The Kier molecular flexibility index (Phi) is 7.65. The number of fused-ring (bicyclic) bond motifs is 1. The third kappa shape index (κ3) is 5.81. The molecule has 0 spiro atoms. The van der Waals surface area contributed by atoms with Crippen molar-refractivity contribution in [3.05, 3.63) is 108 Å². The van der Waals surface area contributed by atoms with Gasteiger partial charge in [-0.3, -0.25) is 9.78 Å². The molecule has 39 heavy (non-hydrogen) atoms. The minimum Gasteiger partial charge on any atom is -0.507 e. The molecule has 0 aliphatic heterocycles. The van der Waals surface area contributed by atoms with Gasteiger partial charge in [-0.25, -0.2) is 4.79 Å². The first-order valence-corrected chi connectivity index (χ1v) is 12.4.